The maximum atomic E-state index is 14.4. The summed E-state index contributed by atoms with van der Waals surface area (Å²) in [6.45, 7) is 3.69. The molecule has 8 rings (SSSR count). The third kappa shape index (κ3) is 5.04. The molecular formula is C38H48F3N2O4+. The van der Waals surface area contributed by atoms with Crippen LogP contribution in [0, 0.1) is 23.2 Å². The largest absolute Gasteiger partial charge is 0.506 e. The van der Waals surface area contributed by atoms with E-state index in [0.29, 0.717) is 12.0 Å². The molecule has 7 atom stereocenters. The number of benzene rings is 1. The number of alkyl halides is 3. The first-order chi connectivity index (χ1) is 22.6. The molecule has 6 nitrogen and oxygen atoms in total. The highest BCUT2D eigenvalue weighted by Gasteiger charge is 2.71. The fourth-order valence-electron chi connectivity index (χ4n) is 11.1. The second-order valence-corrected chi connectivity index (χ2v) is 15.7. The number of hydrogen-bond donors (Lipinski definition) is 2. The number of nitrogens with zero attached hydrogens (tertiary/aromatic N) is 1. The van der Waals surface area contributed by atoms with Crippen LogP contribution in [0.2, 0.25) is 0 Å². The lowest BCUT2D eigenvalue weighted by molar-refractivity contribution is -0.967. The van der Waals surface area contributed by atoms with E-state index in [1.54, 1.807) is 12.1 Å². The molecule has 3 unspecified atom stereocenters. The fraction of sp³-hybridized carbons (Fsp3) is 0.658. The van der Waals surface area contributed by atoms with Crippen molar-refractivity contribution in [2.75, 3.05) is 26.7 Å². The first kappa shape index (κ1) is 31.6. The summed E-state index contributed by atoms with van der Waals surface area (Å²) in [6, 6.07) is 7.88. The molecule has 2 aliphatic heterocycles. The van der Waals surface area contributed by atoms with Crippen molar-refractivity contribution in [2.24, 2.45) is 23.2 Å². The Labute approximate surface area is 275 Å². The van der Waals surface area contributed by atoms with Crippen molar-refractivity contribution < 1.29 is 37.0 Å². The molecule has 2 N–H and O–H groups in total. The molecule has 0 radical (unpaired) electrons. The highest BCUT2D eigenvalue weighted by atomic mass is 19.4. The molecule has 2 bridgehead atoms. The zero-order valence-corrected chi connectivity index (χ0v) is 27.4. The average molecular weight is 654 g/mol. The van der Waals surface area contributed by atoms with Crippen molar-refractivity contribution in [1.29, 1.82) is 0 Å². The van der Waals surface area contributed by atoms with Crippen LogP contribution in [-0.4, -0.2) is 72.4 Å². The molecule has 1 aromatic rings. The SMILES string of the molecule is COC1(NC(=O)C(=C(O)c2ccccc2)C(F)(F)F)C=CC2=C3C1O[C@H]1CCC[C@H]4[C@@H](C2)[N+](CC2CCCCC2)(CC2CC2)CC[C@]314. The first-order valence-corrected chi connectivity index (χ1v) is 18.0. The van der Waals surface area contributed by atoms with Gasteiger partial charge in [-0.15, -0.1) is 0 Å². The number of piperidine rings is 1. The molecule has 5 fully saturated rings. The zero-order chi connectivity index (χ0) is 32.6. The Hall–Kier alpha value is -2.62. The number of rotatable bonds is 8. The van der Waals surface area contributed by atoms with Crippen molar-refractivity contribution in [2.45, 2.75) is 107 Å². The van der Waals surface area contributed by atoms with Gasteiger partial charge in [0, 0.05) is 48.7 Å². The minimum atomic E-state index is -5.10. The number of carbonyl (C=O) groups is 1. The first-order valence-electron chi connectivity index (χ1n) is 18.0. The van der Waals surface area contributed by atoms with Gasteiger partial charge in [-0.05, 0) is 55.7 Å². The van der Waals surface area contributed by atoms with Gasteiger partial charge >= 0.3 is 6.18 Å². The van der Waals surface area contributed by atoms with E-state index >= 15 is 0 Å². The van der Waals surface area contributed by atoms with Crippen LogP contribution in [0.5, 0.6) is 0 Å². The van der Waals surface area contributed by atoms with Crippen molar-refractivity contribution >= 4 is 11.7 Å². The average Bonchev–Trinajstić information content (AvgIpc) is 3.80. The smallest absolute Gasteiger partial charge is 0.425 e. The van der Waals surface area contributed by atoms with Crippen LogP contribution in [0.1, 0.15) is 82.6 Å². The van der Waals surface area contributed by atoms with E-state index in [1.165, 1.54) is 99.5 Å². The third-order valence-electron chi connectivity index (χ3n) is 13.2. The number of aliphatic hydroxyl groups is 1. The Morgan fingerprint density at radius 2 is 1.74 bits per heavy atom. The van der Waals surface area contributed by atoms with Gasteiger partial charge in [0.1, 0.15) is 11.9 Å². The molecule has 0 aromatic heterocycles. The summed E-state index contributed by atoms with van der Waals surface area (Å²) in [4.78, 5) is 13.7. The van der Waals surface area contributed by atoms with E-state index < -0.39 is 35.2 Å². The standard InChI is InChI=1S/C38H47F3N2O4/c1-46-37(42-35(45)32(38(39,40)41)33(44)26-11-6-3-7-12-26)18-17-27-21-29-28-13-8-14-30-36(28,31(27)34(37)47-30)19-20-43(29,23-25-15-16-25)22-24-9-4-2-5-10-24/h3,6-7,11-12,17-18,24-25,28-30,34H,2,4-5,8-10,13-16,19-23H2,1H3,(H-,42,44,45)/p+1/t28-,29+,30-,34?,36+,37?,43?/m0/s1. The van der Waals surface area contributed by atoms with Gasteiger partial charge in [0.2, 0.25) is 0 Å². The normalized spacial score (nSPS) is 38.6. The number of quaternary nitrogens is 1. The highest BCUT2D eigenvalue weighted by Crippen LogP contribution is 2.67. The van der Waals surface area contributed by atoms with Gasteiger partial charge in [0.25, 0.3) is 5.91 Å². The van der Waals surface area contributed by atoms with Crippen LogP contribution < -0.4 is 5.32 Å². The highest BCUT2D eigenvalue weighted by molar-refractivity contribution is 6.01. The summed E-state index contributed by atoms with van der Waals surface area (Å²) in [6.07, 6.45) is 12.4. The lowest BCUT2D eigenvalue weighted by Gasteiger charge is -2.63. The number of carbonyl (C=O) groups excluding carboxylic acids is 1. The third-order valence-corrected chi connectivity index (χ3v) is 13.2. The van der Waals surface area contributed by atoms with Gasteiger partial charge in [0.15, 0.2) is 11.3 Å². The summed E-state index contributed by atoms with van der Waals surface area (Å²) < 4.78 is 57.5. The predicted molar refractivity (Wildman–Crippen MR) is 172 cm³/mol. The number of nitrogens with one attached hydrogen (secondary N) is 1. The maximum Gasteiger partial charge on any atom is 0.425 e. The topological polar surface area (TPSA) is 67.8 Å². The molecule has 1 aromatic carbocycles. The molecule has 9 heteroatoms. The van der Waals surface area contributed by atoms with Crippen LogP contribution in [0.25, 0.3) is 5.76 Å². The van der Waals surface area contributed by atoms with Crippen LogP contribution >= 0.6 is 0 Å². The summed E-state index contributed by atoms with van der Waals surface area (Å²) >= 11 is 0. The second-order valence-electron chi connectivity index (χ2n) is 15.7. The molecule has 2 saturated heterocycles. The maximum absolute atomic E-state index is 14.4. The zero-order valence-electron chi connectivity index (χ0n) is 27.4. The minimum Gasteiger partial charge on any atom is -0.506 e. The van der Waals surface area contributed by atoms with Gasteiger partial charge in [-0.2, -0.15) is 13.2 Å². The molecule has 47 heavy (non-hydrogen) atoms. The van der Waals surface area contributed by atoms with Crippen molar-refractivity contribution in [3.05, 3.63) is 64.8 Å². The predicted octanol–water partition coefficient (Wildman–Crippen LogP) is 7.38. The van der Waals surface area contributed by atoms with Gasteiger partial charge in [-0.3, -0.25) is 4.79 Å². The fourth-order valence-corrected chi connectivity index (χ4v) is 11.1. The number of methoxy groups -OCH3 is 1. The molecular weight excluding hydrogens is 605 g/mol. The van der Waals surface area contributed by atoms with Crippen molar-refractivity contribution in [1.82, 2.24) is 5.32 Å². The Balaban J connectivity index is 1.16. The van der Waals surface area contributed by atoms with E-state index in [9.17, 15) is 23.1 Å². The van der Waals surface area contributed by atoms with E-state index in [0.717, 1.165) is 56.1 Å². The molecule has 7 aliphatic rings. The number of likely N-dealkylation sites (tertiary alicyclic amines) is 1. The quantitative estimate of drug-likeness (QED) is 0.133. The van der Waals surface area contributed by atoms with Gasteiger partial charge in [0.05, 0.1) is 31.8 Å². The Kier molecular flexibility index (Phi) is 7.73. The summed E-state index contributed by atoms with van der Waals surface area (Å²) in [5, 5.41) is 13.4. The second kappa shape index (κ2) is 11.5. The Morgan fingerprint density at radius 3 is 2.43 bits per heavy atom. The van der Waals surface area contributed by atoms with Crippen molar-refractivity contribution in [3.63, 3.8) is 0 Å². The summed E-state index contributed by atoms with van der Waals surface area (Å²) in [5.41, 5.74) is -1.16. The number of amides is 1. The number of ether oxygens (including phenoxy) is 2. The summed E-state index contributed by atoms with van der Waals surface area (Å²) in [7, 11) is 1.42. The number of halogens is 3. The van der Waals surface area contributed by atoms with Crippen LogP contribution in [0.3, 0.4) is 0 Å². The molecule has 3 saturated carbocycles. The Bertz CT molecular complexity index is 1500. The minimum absolute atomic E-state index is 0.0569. The van der Waals surface area contributed by atoms with Crippen LogP contribution in [0.4, 0.5) is 13.2 Å². The van der Waals surface area contributed by atoms with E-state index in [-0.39, 0.29) is 17.1 Å². The molecule has 1 amide bonds. The number of aliphatic hydroxyl groups excluding tert-OH is 1. The number of allylic oxidation sites excluding steroid dienone is 1. The van der Waals surface area contributed by atoms with E-state index in [2.05, 4.69) is 5.32 Å². The summed E-state index contributed by atoms with van der Waals surface area (Å²) in [5.74, 6) is -0.481. The lowest BCUT2D eigenvalue weighted by Crippen LogP contribution is -2.71. The molecule has 1 spiro atoms. The van der Waals surface area contributed by atoms with Crippen LogP contribution in [-0.2, 0) is 14.3 Å². The molecule has 254 valence electrons. The van der Waals surface area contributed by atoms with Crippen molar-refractivity contribution in [3.8, 4) is 0 Å². The Morgan fingerprint density at radius 1 is 1.02 bits per heavy atom. The van der Waals surface area contributed by atoms with Crippen LogP contribution in [0.15, 0.2) is 59.2 Å². The van der Waals surface area contributed by atoms with Gasteiger partial charge in [-0.25, -0.2) is 0 Å². The monoisotopic (exact) mass is 653 g/mol. The molecule has 2 heterocycles. The number of hydrogen-bond acceptors (Lipinski definition) is 4. The van der Waals surface area contributed by atoms with Gasteiger partial charge < -0.3 is 24.4 Å². The lowest BCUT2D eigenvalue weighted by atomic mass is 9.49. The molecule has 5 aliphatic carbocycles. The van der Waals surface area contributed by atoms with E-state index in [4.69, 9.17) is 9.47 Å². The van der Waals surface area contributed by atoms with E-state index in [1.807, 2.05) is 6.08 Å². The van der Waals surface area contributed by atoms with Gasteiger partial charge in [-0.1, -0.05) is 62.1 Å².